The van der Waals surface area contributed by atoms with Crippen molar-refractivity contribution >= 4 is 21.9 Å². The van der Waals surface area contributed by atoms with Gasteiger partial charge in [-0.25, -0.2) is 13.1 Å². The lowest BCUT2D eigenvalue weighted by Crippen LogP contribution is -2.31. The molecule has 7 nitrogen and oxygen atoms in total. The summed E-state index contributed by atoms with van der Waals surface area (Å²) in [5, 5.41) is 2.44. The molecule has 0 radical (unpaired) electrons. The summed E-state index contributed by atoms with van der Waals surface area (Å²) < 4.78 is 31.0. The Hall–Kier alpha value is -2.71. The summed E-state index contributed by atoms with van der Waals surface area (Å²) in [5.74, 6) is -1.13. The van der Waals surface area contributed by atoms with Crippen LogP contribution < -0.4 is 10.0 Å². The van der Waals surface area contributed by atoms with Gasteiger partial charge in [0.05, 0.1) is 4.90 Å². The Bertz CT molecular complexity index is 895. The highest BCUT2D eigenvalue weighted by Gasteiger charge is 2.17. The third-order valence-corrected chi connectivity index (χ3v) is 5.08. The van der Waals surface area contributed by atoms with Crippen LogP contribution in [0.15, 0.2) is 53.4 Å². The zero-order valence-corrected chi connectivity index (χ0v) is 15.3. The number of esters is 1. The highest BCUT2D eigenvalue weighted by molar-refractivity contribution is 7.89. The summed E-state index contributed by atoms with van der Waals surface area (Å²) in [4.78, 5) is 24.0. The minimum absolute atomic E-state index is 0.0256. The third kappa shape index (κ3) is 5.14. The van der Waals surface area contributed by atoms with Gasteiger partial charge < -0.3 is 10.1 Å². The molecule has 138 valence electrons. The number of ether oxygens (including phenoxy) is 1. The molecule has 0 unspecified atom stereocenters. The van der Waals surface area contributed by atoms with Gasteiger partial charge in [-0.2, -0.15) is 0 Å². The maximum absolute atomic E-state index is 12.3. The van der Waals surface area contributed by atoms with E-state index in [1.54, 1.807) is 6.92 Å². The summed E-state index contributed by atoms with van der Waals surface area (Å²) in [6, 6.07) is 13.4. The summed E-state index contributed by atoms with van der Waals surface area (Å²) in [6.45, 7) is 1.48. The average Bonchev–Trinajstić information content (AvgIpc) is 2.65. The quantitative estimate of drug-likeness (QED) is 0.711. The summed E-state index contributed by atoms with van der Waals surface area (Å²) in [6.07, 6.45) is 0. The molecule has 0 aliphatic heterocycles. The number of sulfonamides is 1. The second-order valence-electron chi connectivity index (χ2n) is 5.51. The van der Waals surface area contributed by atoms with Crippen molar-refractivity contribution in [3.05, 3.63) is 65.2 Å². The number of carbonyl (C=O) groups is 2. The molecule has 0 spiro atoms. The van der Waals surface area contributed by atoms with Crippen molar-refractivity contribution in [1.82, 2.24) is 10.0 Å². The molecule has 0 aliphatic carbocycles. The van der Waals surface area contributed by atoms with Crippen molar-refractivity contribution in [2.45, 2.75) is 18.4 Å². The second-order valence-corrected chi connectivity index (χ2v) is 7.40. The largest absolute Gasteiger partial charge is 0.460 e. The molecule has 2 rings (SSSR count). The van der Waals surface area contributed by atoms with Gasteiger partial charge in [0, 0.05) is 5.56 Å². The van der Waals surface area contributed by atoms with Crippen LogP contribution >= 0.6 is 0 Å². The molecule has 2 aromatic rings. The summed E-state index contributed by atoms with van der Waals surface area (Å²) >= 11 is 0. The van der Waals surface area contributed by atoms with Crippen molar-refractivity contribution in [2.75, 3.05) is 13.6 Å². The zero-order valence-electron chi connectivity index (χ0n) is 14.5. The molecule has 0 saturated carbocycles. The number of rotatable bonds is 7. The van der Waals surface area contributed by atoms with Crippen molar-refractivity contribution in [3.63, 3.8) is 0 Å². The van der Waals surface area contributed by atoms with Gasteiger partial charge in [0.25, 0.3) is 5.91 Å². The number of hydrogen-bond acceptors (Lipinski definition) is 5. The monoisotopic (exact) mass is 376 g/mol. The van der Waals surface area contributed by atoms with E-state index >= 15 is 0 Å². The predicted molar refractivity (Wildman–Crippen MR) is 96.0 cm³/mol. The molecule has 26 heavy (non-hydrogen) atoms. The lowest BCUT2D eigenvalue weighted by Gasteiger charge is -2.10. The van der Waals surface area contributed by atoms with E-state index in [9.17, 15) is 18.0 Å². The zero-order chi connectivity index (χ0) is 19.2. The molecular weight excluding hydrogens is 356 g/mol. The lowest BCUT2D eigenvalue weighted by atomic mass is 10.1. The maximum Gasteiger partial charge on any atom is 0.325 e. The van der Waals surface area contributed by atoms with Crippen LogP contribution in [-0.4, -0.2) is 33.9 Å². The first-order valence-corrected chi connectivity index (χ1v) is 9.34. The van der Waals surface area contributed by atoms with E-state index in [1.807, 2.05) is 30.3 Å². The molecule has 0 heterocycles. The third-order valence-electron chi connectivity index (χ3n) is 3.67. The Kier molecular flexibility index (Phi) is 6.48. The van der Waals surface area contributed by atoms with Gasteiger partial charge in [-0.15, -0.1) is 0 Å². The van der Waals surface area contributed by atoms with Gasteiger partial charge in [-0.3, -0.25) is 9.59 Å². The Morgan fingerprint density at radius 2 is 1.77 bits per heavy atom. The fraction of sp³-hybridized carbons (Fsp3) is 0.222. The SMILES string of the molecule is CNS(=O)(=O)c1ccc(C)c(C(=O)NCC(=O)OCc2ccccc2)c1. The van der Waals surface area contributed by atoms with Gasteiger partial charge in [-0.05, 0) is 37.2 Å². The van der Waals surface area contributed by atoms with E-state index in [4.69, 9.17) is 4.74 Å². The van der Waals surface area contributed by atoms with Crippen LogP contribution in [0.4, 0.5) is 0 Å². The Balaban J connectivity index is 1.97. The molecule has 0 atom stereocenters. The molecule has 0 aromatic heterocycles. The Labute approximate surface area is 152 Å². The number of amides is 1. The molecule has 0 fully saturated rings. The van der Waals surface area contributed by atoms with Crippen LogP contribution in [0.5, 0.6) is 0 Å². The van der Waals surface area contributed by atoms with Crippen molar-refractivity contribution in [3.8, 4) is 0 Å². The van der Waals surface area contributed by atoms with E-state index in [0.29, 0.717) is 5.56 Å². The van der Waals surface area contributed by atoms with Crippen LogP contribution in [-0.2, 0) is 26.2 Å². The van der Waals surface area contributed by atoms with Crippen molar-refractivity contribution in [2.24, 2.45) is 0 Å². The van der Waals surface area contributed by atoms with Crippen LogP contribution in [0, 0.1) is 6.92 Å². The number of nitrogens with one attached hydrogen (secondary N) is 2. The van der Waals surface area contributed by atoms with Gasteiger partial charge in [0.1, 0.15) is 13.2 Å². The number of benzene rings is 2. The number of hydrogen-bond donors (Lipinski definition) is 2. The first kappa shape index (κ1) is 19.6. The van der Waals surface area contributed by atoms with Gasteiger partial charge in [0.2, 0.25) is 10.0 Å². The highest BCUT2D eigenvalue weighted by Crippen LogP contribution is 2.15. The summed E-state index contributed by atoms with van der Waals surface area (Å²) in [5.41, 5.74) is 1.61. The van der Waals surface area contributed by atoms with Crippen LogP contribution in [0.3, 0.4) is 0 Å². The van der Waals surface area contributed by atoms with E-state index < -0.39 is 21.9 Å². The van der Waals surface area contributed by atoms with E-state index in [-0.39, 0.29) is 23.6 Å². The minimum Gasteiger partial charge on any atom is -0.460 e. The Morgan fingerprint density at radius 3 is 2.42 bits per heavy atom. The normalized spacial score (nSPS) is 11.0. The highest BCUT2D eigenvalue weighted by atomic mass is 32.2. The first-order chi connectivity index (χ1) is 12.3. The molecular formula is C18H20N2O5S. The smallest absolute Gasteiger partial charge is 0.325 e. The fourth-order valence-corrected chi connectivity index (χ4v) is 2.92. The number of aryl methyl sites for hydroxylation is 1. The molecule has 1 amide bonds. The molecule has 2 aromatic carbocycles. The number of carbonyl (C=O) groups excluding carboxylic acids is 2. The molecule has 0 bridgehead atoms. The van der Waals surface area contributed by atoms with Crippen LogP contribution in [0.25, 0.3) is 0 Å². The standard InChI is InChI=1S/C18H20N2O5S/c1-13-8-9-15(26(23,24)19-2)10-16(13)18(22)20-11-17(21)25-12-14-6-4-3-5-7-14/h3-10,19H,11-12H2,1-2H3,(H,20,22). The maximum atomic E-state index is 12.3. The molecule has 0 aliphatic rings. The second kappa shape index (κ2) is 8.59. The molecule has 8 heteroatoms. The minimum atomic E-state index is -3.66. The van der Waals surface area contributed by atoms with E-state index in [2.05, 4.69) is 10.0 Å². The van der Waals surface area contributed by atoms with Gasteiger partial charge >= 0.3 is 5.97 Å². The van der Waals surface area contributed by atoms with E-state index in [0.717, 1.165) is 5.56 Å². The first-order valence-electron chi connectivity index (χ1n) is 7.85. The van der Waals surface area contributed by atoms with E-state index in [1.165, 1.54) is 25.2 Å². The fourth-order valence-electron chi connectivity index (χ4n) is 2.17. The van der Waals surface area contributed by atoms with Crippen molar-refractivity contribution in [1.29, 1.82) is 0 Å². The van der Waals surface area contributed by atoms with Gasteiger partial charge in [0.15, 0.2) is 0 Å². The van der Waals surface area contributed by atoms with Crippen LogP contribution in [0.2, 0.25) is 0 Å². The molecule has 0 saturated heterocycles. The molecule has 2 N–H and O–H groups in total. The van der Waals surface area contributed by atoms with Crippen molar-refractivity contribution < 1.29 is 22.7 Å². The van der Waals surface area contributed by atoms with Gasteiger partial charge in [-0.1, -0.05) is 36.4 Å². The summed E-state index contributed by atoms with van der Waals surface area (Å²) in [7, 11) is -2.37. The Morgan fingerprint density at radius 1 is 1.08 bits per heavy atom. The average molecular weight is 376 g/mol. The lowest BCUT2D eigenvalue weighted by molar-refractivity contribution is -0.143. The topological polar surface area (TPSA) is 102 Å². The van der Waals surface area contributed by atoms with Crippen LogP contribution in [0.1, 0.15) is 21.5 Å². The predicted octanol–water partition coefficient (Wildman–Crippen LogP) is 1.38.